The molecule has 2 aromatic heterocycles. The number of rotatable bonds is 0. The first-order chi connectivity index (χ1) is 5.29. The van der Waals surface area contributed by atoms with Gasteiger partial charge in [0.05, 0.1) is 0 Å². The molecule has 0 N–H and O–H groups in total. The average Bonchev–Trinajstić information content (AvgIpc) is 2.45. The van der Waals surface area contributed by atoms with Crippen LogP contribution < -0.4 is 0 Å². The molecule has 11 heavy (non-hydrogen) atoms. The quantitative estimate of drug-likeness (QED) is 0.559. The van der Waals surface area contributed by atoms with Gasteiger partial charge in [0.15, 0.2) is 0 Å². The fraction of sp³-hybridized carbons (Fsp3) is 0.143. The van der Waals surface area contributed by atoms with Crippen molar-refractivity contribution in [2.24, 2.45) is 0 Å². The Kier molecular flexibility index (Phi) is 1.32. The summed E-state index contributed by atoms with van der Waals surface area (Å²) >= 11 is 5.78. The smallest absolute Gasteiger partial charge is 0.143 e. The van der Waals surface area contributed by atoms with E-state index < -0.39 is 0 Å². The second kappa shape index (κ2) is 2.20. The summed E-state index contributed by atoms with van der Waals surface area (Å²) in [5.41, 5.74) is 1.78. The van der Waals surface area contributed by atoms with Crippen LogP contribution in [0, 0.1) is 6.92 Å². The second-order valence-electron chi connectivity index (χ2n) is 2.32. The summed E-state index contributed by atoms with van der Waals surface area (Å²) < 4.78 is 1.83. The van der Waals surface area contributed by atoms with Crippen molar-refractivity contribution in [1.82, 2.24) is 14.4 Å². The number of aromatic nitrogens is 3. The van der Waals surface area contributed by atoms with E-state index >= 15 is 0 Å². The standard InChI is InChI=1S/C7H6ClN3/c1-5-6(8)10-4-11-3-2-9-7(5)11/h2-4H,1H3. The Balaban J connectivity index is 2.93. The first kappa shape index (κ1) is 6.61. The van der Waals surface area contributed by atoms with E-state index in [0.717, 1.165) is 11.2 Å². The van der Waals surface area contributed by atoms with Crippen molar-refractivity contribution >= 4 is 17.2 Å². The molecule has 0 fully saturated rings. The van der Waals surface area contributed by atoms with Crippen molar-refractivity contribution in [3.05, 3.63) is 29.4 Å². The van der Waals surface area contributed by atoms with Crippen molar-refractivity contribution in [2.45, 2.75) is 6.92 Å². The van der Waals surface area contributed by atoms with E-state index in [1.807, 2.05) is 17.5 Å². The Hall–Kier alpha value is -1.09. The topological polar surface area (TPSA) is 30.2 Å². The van der Waals surface area contributed by atoms with Gasteiger partial charge in [-0.1, -0.05) is 11.6 Å². The molecule has 0 aromatic carbocycles. The van der Waals surface area contributed by atoms with Crippen molar-refractivity contribution in [1.29, 1.82) is 0 Å². The molecule has 0 saturated heterocycles. The Morgan fingerprint density at radius 1 is 1.45 bits per heavy atom. The molecule has 0 radical (unpaired) electrons. The van der Waals surface area contributed by atoms with Crippen LogP contribution in [0.2, 0.25) is 5.15 Å². The highest BCUT2D eigenvalue weighted by molar-refractivity contribution is 6.30. The van der Waals surface area contributed by atoms with E-state index in [-0.39, 0.29) is 0 Å². The lowest BCUT2D eigenvalue weighted by Gasteiger charge is -1.97. The fourth-order valence-corrected chi connectivity index (χ4v) is 1.13. The van der Waals surface area contributed by atoms with Crippen LogP contribution in [0.5, 0.6) is 0 Å². The average molecular weight is 168 g/mol. The van der Waals surface area contributed by atoms with Gasteiger partial charge in [-0.15, -0.1) is 0 Å². The maximum atomic E-state index is 5.78. The SMILES string of the molecule is Cc1c(Cl)ncn2ccnc12. The molecule has 0 aliphatic heterocycles. The Bertz CT molecular complexity index is 393. The van der Waals surface area contributed by atoms with Crippen molar-refractivity contribution in [3.63, 3.8) is 0 Å². The molecular formula is C7H6ClN3. The van der Waals surface area contributed by atoms with E-state index in [0.29, 0.717) is 5.15 Å². The summed E-state index contributed by atoms with van der Waals surface area (Å²) in [5, 5.41) is 0.517. The molecule has 2 aromatic rings. The van der Waals surface area contributed by atoms with Crippen LogP contribution in [-0.4, -0.2) is 14.4 Å². The molecule has 3 nitrogen and oxygen atoms in total. The number of halogens is 1. The third-order valence-electron chi connectivity index (χ3n) is 1.61. The van der Waals surface area contributed by atoms with E-state index in [9.17, 15) is 0 Å². The summed E-state index contributed by atoms with van der Waals surface area (Å²) in [6, 6.07) is 0. The van der Waals surface area contributed by atoms with Crippen LogP contribution in [0.3, 0.4) is 0 Å². The van der Waals surface area contributed by atoms with E-state index in [1.54, 1.807) is 12.5 Å². The Morgan fingerprint density at radius 2 is 2.27 bits per heavy atom. The van der Waals surface area contributed by atoms with Crippen molar-refractivity contribution in [3.8, 4) is 0 Å². The predicted octanol–water partition coefficient (Wildman–Crippen LogP) is 1.69. The molecule has 0 unspecified atom stereocenters. The number of hydrogen-bond acceptors (Lipinski definition) is 2. The van der Waals surface area contributed by atoms with Gasteiger partial charge in [-0.05, 0) is 6.92 Å². The Morgan fingerprint density at radius 3 is 3.09 bits per heavy atom. The van der Waals surface area contributed by atoms with Gasteiger partial charge in [0, 0.05) is 18.0 Å². The minimum Gasteiger partial charge on any atom is -0.290 e. The van der Waals surface area contributed by atoms with Crippen molar-refractivity contribution < 1.29 is 0 Å². The minimum absolute atomic E-state index is 0.517. The third kappa shape index (κ3) is 0.886. The number of fused-ring (bicyclic) bond motifs is 1. The number of hydrogen-bond donors (Lipinski definition) is 0. The van der Waals surface area contributed by atoms with Crippen LogP contribution in [-0.2, 0) is 0 Å². The van der Waals surface area contributed by atoms with E-state index in [1.165, 1.54) is 0 Å². The maximum Gasteiger partial charge on any atom is 0.143 e. The lowest BCUT2D eigenvalue weighted by atomic mass is 10.4. The molecule has 2 rings (SSSR count). The van der Waals surface area contributed by atoms with Gasteiger partial charge < -0.3 is 0 Å². The van der Waals surface area contributed by atoms with Crippen LogP contribution in [0.15, 0.2) is 18.7 Å². The molecule has 4 heteroatoms. The highest BCUT2D eigenvalue weighted by Gasteiger charge is 2.02. The van der Waals surface area contributed by atoms with Crippen LogP contribution in [0.25, 0.3) is 5.65 Å². The molecule has 2 heterocycles. The zero-order chi connectivity index (χ0) is 7.84. The molecule has 0 bridgehead atoms. The first-order valence-corrected chi connectivity index (χ1v) is 3.60. The summed E-state index contributed by atoms with van der Waals surface area (Å²) in [5.74, 6) is 0. The van der Waals surface area contributed by atoms with Gasteiger partial charge in [0.1, 0.15) is 17.1 Å². The summed E-state index contributed by atoms with van der Waals surface area (Å²) in [7, 11) is 0. The predicted molar refractivity (Wildman–Crippen MR) is 42.7 cm³/mol. The lowest BCUT2D eigenvalue weighted by Crippen LogP contribution is -1.90. The van der Waals surface area contributed by atoms with Gasteiger partial charge in [-0.3, -0.25) is 4.40 Å². The highest BCUT2D eigenvalue weighted by atomic mass is 35.5. The molecule has 0 aliphatic rings. The number of imidazole rings is 1. The van der Waals surface area contributed by atoms with E-state index in [2.05, 4.69) is 9.97 Å². The zero-order valence-electron chi connectivity index (χ0n) is 5.95. The molecule has 56 valence electrons. The molecule has 0 spiro atoms. The van der Waals surface area contributed by atoms with Crippen molar-refractivity contribution in [2.75, 3.05) is 0 Å². The fourth-order valence-electron chi connectivity index (χ4n) is 0.999. The number of nitrogens with zero attached hydrogens (tertiary/aromatic N) is 3. The molecule has 0 atom stereocenters. The zero-order valence-corrected chi connectivity index (χ0v) is 6.71. The third-order valence-corrected chi connectivity index (χ3v) is 1.99. The van der Waals surface area contributed by atoms with Crippen LogP contribution >= 0.6 is 11.6 Å². The summed E-state index contributed by atoms with van der Waals surface area (Å²) in [4.78, 5) is 8.09. The molecule has 0 aliphatic carbocycles. The minimum atomic E-state index is 0.517. The maximum absolute atomic E-state index is 5.78. The van der Waals surface area contributed by atoms with Gasteiger partial charge in [0.25, 0.3) is 0 Å². The summed E-state index contributed by atoms with van der Waals surface area (Å²) in [6.07, 6.45) is 5.21. The molecular weight excluding hydrogens is 162 g/mol. The van der Waals surface area contributed by atoms with Crippen LogP contribution in [0.1, 0.15) is 5.56 Å². The molecule has 0 saturated carbocycles. The number of aryl methyl sites for hydroxylation is 1. The second-order valence-corrected chi connectivity index (χ2v) is 2.68. The largest absolute Gasteiger partial charge is 0.290 e. The lowest BCUT2D eigenvalue weighted by molar-refractivity contribution is 1.06. The van der Waals surface area contributed by atoms with Gasteiger partial charge in [0.2, 0.25) is 0 Å². The van der Waals surface area contributed by atoms with Gasteiger partial charge >= 0.3 is 0 Å². The van der Waals surface area contributed by atoms with Crippen LogP contribution in [0.4, 0.5) is 0 Å². The van der Waals surface area contributed by atoms with Gasteiger partial charge in [-0.25, -0.2) is 9.97 Å². The van der Waals surface area contributed by atoms with E-state index in [4.69, 9.17) is 11.6 Å². The van der Waals surface area contributed by atoms with Gasteiger partial charge in [-0.2, -0.15) is 0 Å². The Labute approximate surface area is 68.7 Å². The normalized spacial score (nSPS) is 10.7. The highest BCUT2D eigenvalue weighted by Crippen LogP contribution is 2.14. The monoisotopic (exact) mass is 167 g/mol. The first-order valence-electron chi connectivity index (χ1n) is 3.23. The summed E-state index contributed by atoms with van der Waals surface area (Å²) in [6.45, 7) is 1.90. The molecule has 0 amide bonds.